The molecule has 0 heterocycles. The van der Waals surface area contributed by atoms with Crippen LogP contribution in [-0.4, -0.2) is 46.1 Å². The normalized spacial score (nSPS) is 11.8. The van der Waals surface area contributed by atoms with Crippen molar-refractivity contribution in [3.8, 4) is 11.5 Å². The van der Waals surface area contributed by atoms with E-state index in [0.717, 1.165) is 23.4 Å². The van der Waals surface area contributed by atoms with E-state index < -0.39 is 12.8 Å². The molecule has 2 aromatic carbocycles. The van der Waals surface area contributed by atoms with Gasteiger partial charge in [0.2, 0.25) is 0 Å². The zero-order valence-corrected chi connectivity index (χ0v) is 17.0. The number of anilines is 1. The molecule has 6 nitrogen and oxygen atoms in total. The molecule has 164 valence electrons. The number of halogens is 3. The molecular weight excluding hydrogens is 399 g/mol. The van der Waals surface area contributed by atoms with E-state index in [1.54, 1.807) is 32.4 Å². The summed E-state index contributed by atoms with van der Waals surface area (Å²) >= 11 is 0. The summed E-state index contributed by atoms with van der Waals surface area (Å²) in [6.45, 7) is 0.223. The van der Waals surface area contributed by atoms with E-state index in [2.05, 4.69) is 15.6 Å². The van der Waals surface area contributed by atoms with Gasteiger partial charge in [0.05, 0.1) is 6.61 Å². The minimum absolute atomic E-state index is 0.160. The molecule has 2 rings (SSSR count). The predicted octanol–water partition coefficient (Wildman–Crippen LogP) is 4.23. The van der Waals surface area contributed by atoms with Gasteiger partial charge >= 0.3 is 6.18 Å². The van der Waals surface area contributed by atoms with Crippen molar-refractivity contribution in [3.63, 3.8) is 0 Å². The van der Waals surface area contributed by atoms with Crippen LogP contribution in [0.4, 0.5) is 18.9 Å². The summed E-state index contributed by atoms with van der Waals surface area (Å²) < 4.78 is 52.4. The summed E-state index contributed by atoms with van der Waals surface area (Å²) in [6.07, 6.45) is -3.58. The summed E-state index contributed by atoms with van der Waals surface area (Å²) in [5.41, 5.74) is 1.54. The summed E-state index contributed by atoms with van der Waals surface area (Å²) in [5.74, 6) is 1.39. The maximum Gasteiger partial charge on any atom is 0.422 e. The number of aliphatic imine (C=N–C) groups is 1. The number of guanidine groups is 1. The van der Waals surface area contributed by atoms with E-state index in [0.29, 0.717) is 25.7 Å². The fourth-order valence-corrected chi connectivity index (χ4v) is 2.47. The molecule has 0 atom stereocenters. The summed E-state index contributed by atoms with van der Waals surface area (Å²) in [4.78, 5) is 4.16. The average molecular weight is 425 g/mol. The third-order valence-corrected chi connectivity index (χ3v) is 3.84. The summed E-state index contributed by atoms with van der Waals surface area (Å²) in [5, 5.41) is 6.27. The number of hydrogen-bond acceptors (Lipinski definition) is 4. The average Bonchev–Trinajstić information content (AvgIpc) is 2.73. The molecule has 0 aromatic heterocycles. The van der Waals surface area contributed by atoms with Gasteiger partial charge in [0.15, 0.2) is 12.6 Å². The lowest BCUT2D eigenvalue weighted by Gasteiger charge is -2.14. The van der Waals surface area contributed by atoms with Crippen LogP contribution >= 0.6 is 0 Å². The van der Waals surface area contributed by atoms with E-state index in [4.69, 9.17) is 14.2 Å². The Labute approximate surface area is 174 Å². The van der Waals surface area contributed by atoms with Gasteiger partial charge in [-0.05, 0) is 29.8 Å². The Hall–Kier alpha value is -2.94. The maximum absolute atomic E-state index is 12.3. The fourth-order valence-electron chi connectivity index (χ4n) is 2.47. The third kappa shape index (κ3) is 9.04. The third-order valence-electron chi connectivity index (χ3n) is 3.84. The number of nitrogens with one attached hydrogen (secondary N) is 2. The Morgan fingerprint density at radius 3 is 2.43 bits per heavy atom. The molecule has 0 spiro atoms. The Morgan fingerprint density at radius 1 is 1.00 bits per heavy atom. The van der Waals surface area contributed by atoms with Crippen LogP contribution in [0.15, 0.2) is 53.5 Å². The van der Waals surface area contributed by atoms with E-state index in [9.17, 15) is 13.2 Å². The Bertz CT molecular complexity index is 813. The topological polar surface area (TPSA) is 64.1 Å². The van der Waals surface area contributed by atoms with Gasteiger partial charge in [0.1, 0.15) is 11.5 Å². The second-order valence-electron chi connectivity index (χ2n) is 6.32. The highest BCUT2D eigenvalue weighted by Crippen LogP contribution is 2.20. The van der Waals surface area contributed by atoms with Crippen molar-refractivity contribution in [2.24, 2.45) is 4.99 Å². The van der Waals surface area contributed by atoms with Crippen LogP contribution in [0.2, 0.25) is 0 Å². The molecule has 2 N–H and O–H groups in total. The highest BCUT2D eigenvalue weighted by molar-refractivity contribution is 5.93. The first kappa shape index (κ1) is 23.3. The van der Waals surface area contributed by atoms with Crippen molar-refractivity contribution in [3.05, 3.63) is 54.1 Å². The zero-order chi connectivity index (χ0) is 21.8. The van der Waals surface area contributed by atoms with Crippen molar-refractivity contribution in [1.82, 2.24) is 5.32 Å². The van der Waals surface area contributed by atoms with Crippen molar-refractivity contribution in [2.45, 2.75) is 19.1 Å². The maximum atomic E-state index is 12.3. The molecule has 2 aromatic rings. The first-order chi connectivity index (χ1) is 14.4. The molecular formula is C21H26F3N3O3. The smallest absolute Gasteiger partial charge is 0.422 e. The lowest BCUT2D eigenvalue weighted by Crippen LogP contribution is -2.30. The number of nitrogens with zero attached hydrogens (tertiary/aromatic N) is 1. The van der Waals surface area contributed by atoms with Gasteiger partial charge in [-0.1, -0.05) is 18.2 Å². The summed E-state index contributed by atoms with van der Waals surface area (Å²) in [7, 11) is 3.28. The number of methoxy groups -OCH3 is 1. The van der Waals surface area contributed by atoms with E-state index in [1.807, 2.05) is 24.3 Å². The molecule has 0 aliphatic heterocycles. The molecule has 0 amide bonds. The van der Waals surface area contributed by atoms with Crippen molar-refractivity contribution >= 4 is 11.6 Å². The molecule has 0 unspecified atom stereocenters. The zero-order valence-electron chi connectivity index (χ0n) is 17.0. The lowest BCUT2D eigenvalue weighted by molar-refractivity contribution is -0.153. The number of hydrogen-bond donors (Lipinski definition) is 2. The molecule has 0 saturated carbocycles. The molecule has 0 radical (unpaired) electrons. The predicted molar refractivity (Wildman–Crippen MR) is 110 cm³/mol. The van der Waals surface area contributed by atoms with Gasteiger partial charge in [0.25, 0.3) is 0 Å². The second kappa shape index (κ2) is 11.9. The van der Waals surface area contributed by atoms with Crippen molar-refractivity contribution < 1.29 is 27.4 Å². The molecule has 0 aliphatic rings. The fraction of sp³-hybridized carbons (Fsp3) is 0.381. The highest BCUT2D eigenvalue weighted by atomic mass is 19.4. The first-order valence-corrected chi connectivity index (χ1v) is 9.37. The molecule has 0 fully saturated rings. The van der Waals surface area contributed by atoms with Crippen LogP contribution in [0.5, 0.6) is 11.5 Å². The quantitative estimate of drug-likeness (QED) is 0.339. The Kier molecular flexibility index (Phi) is 9.27. The van der Waals surface area contributed by atoms with Crippen LogP contribution in [0.1, 0.15) is 12.0 Å². The standard InChI is InChI=1S/C21H26F3N3O3/c1-25-20(27-17-7-4-9-19(13-17)29-11-5-10-28-2)26-14-16-6-3-8-18(12-16)30-15-21(22,23)24/h3-4,6-9,12-13H,5,10-11,14-15H2,1-2H3,(H2,25,26,27). The molecule has 9 heteroatoms. The summed E-state index contributed by atoms with van der Waals surface area (Å²) in [6, 6.07) is 13.9. The Balaban J connectivity index is 1.88. The van der Waals surface area contributed by atoms with Crippen molar-refractivity contribution in [1.29, 1.82) is 0 Å². The number of alkyl halides is 3. The molecule has 0 saturated heterocycles. The van der Waals surface area contributed by atoms with Crippen LogP contribution < -0.4 is 20.1 Å². The number of ether oxygens (including phenoxy) is 3. The van der Waals surface area contributed by atoms with Crippen LogP contribution in [0, 0.1) is 0 Å². The van der Waals surface area contributed by atoms with Gasteiger partial charge in [-0.3, -0.25) is 4.99 Å². The highest BCUT2D eigenvalue weighted by Gasteiger charge is 2.28. The monoisotopic (exact) mass is 425 g/mol. The molecule has 0 aliphatic carbocycles. The first-order valence-electron chi connectivity index (χ1n) is 9.37. The minimum Gasteiger partial charge on any atom is -0.493 e. The van der Waals surface area contributed by atoms with Crippen LogP contribution in [0.25, 0.3) is 0 Å². The van der Waals surface area contributed by atoms with Gasteiger partial charge in [-0.25, -0.2) is 0 Å². The number of benzene rings is 2. The lowest BCUT2D eigenvalue weighted by atomic mass is 10.2. The van der Waals surface area contributed by atoms with Gasteiger partial charge < -0.3 is 24.8 Å². The minimum atomic E-state index is -4.37. The second-order valence-corrected chi connectivity index (χ2v) is 6.32. The van der Waals surface area contributed by atoms with Gasteiger partial charge in [-0.2, -0.15) is 13.2 Å². The largest absolute Gasteiger partial charge is 0.493 e. The van der Waals surface area contributed by atoms with Gasteiger partial charge in [0, 0.05) is 45.5 Å². The van der Waals surface area contributed by atoms with Crippen LogP contribution in [0.3, 0.4) is 0 Å². The number of rotatable bonds is 10. The molecule has 30 heavy (non-hydrogen) atoms. The molecule has 0 bridgehead atoms. The Morgan fingerprint density at radius 2 is 1.73 bits per heavy atom. The van der Waals surface area contributed by atoms with E-state index >= 15 is 0 Å². The van der Waals surface area contributed by atoms with Crippen molar-refractivity contribution in [2.75, 3.05) is 39.3 Å². The van der Waals surface area contributed by atoms with E-state index in [-0.39, 0.29) is 5.75 Å². The van der Waals surface area contributed by atoms with Crippen LogP contribution in [-0.2, 0) is 11.3 Å². The van der Waals surface area contributed by atoms with E-state index in [1.165, 1.54) is 6.07 Å². The van der Waals surface area contributed by atoms with Gasteiger partial charge in [-0.15, -0.1) is 0 Å². The SMILES string of the molecule is CN=C(NCc1cccc(OCC(F)(F)F)c1)Nc1cccc(OCCCOC)c1.